The lowest BCUT2D eigenvalue weighted by molar-refractivity contribution is -0.0498. The fourth-order valence-electron chi connectivity index (χ4n) is 4.31. The first-order chi connectivity index (χ1) is 19.5. The number of aliphatic hydroxyl groups excluding tert-OH is 1. The van der Waals surface area contributed by atoms with Gasteiger partial charge in [-0.1, -0.05) is 12.1 Å². The number of aromatic nitrogens is 2. The summed E-state index contributed by atoms with van der Waals surface area (Å²) in [4.78, 5) is 30.0. The Morgan fingerprint density at radius 2 is 1.78 bits per heavy atom. The van der Waals surface area contributed by atoms with Crippen LogP contribution in [0.3, 0.4) is 0 Å². The van der Waals surface area contributed by atoms with Gasteiger partial charge >= 0.3 is 12.7 Å². The predicted molar refractivity (Wildman–Crippen MR) is 140 cm³/mol. The second kappa shape index (κ2) is 12.6. The number of halogens is 4. The highest BCUT2D eigenvalue weighted by molar-refractivity contribution is 6.07. The number of ether oxygens (including phenoxy) is 2. The average molecular weight is 580 g/mol. The van der Waals surface area contributed by atoms with Gasteiger partial charge in [0, 0.05) is 50.9 Å². The molecular formula is C27H29F4N5O5. The summed E-state index contributed by atoms with van der Waals surface area (Å²) in [5, 5.41) is 16.1. The normalized spacial score (nSPS) is 14.3. The molecule has 0 spiro atoms. The molecule has 1 aliphatic rings. The number of nitrogens with one attached hydrogen (secondary N) is 1. The second-order valence-corrected chi connectivity index (χ2v) is 9.39. The third kappa shape index (κ3) is 7.32. The monoisotopic (exact) mass is 579 g/mol. The molecule has 1 saturated heterocycles. The quantitative estimate of drug-likeness (QED) is 0.365. The van der Waals surface area contributed by atoms with Crippen LogP contribution in [0.25, 0.3) is 5.69 Å². The molecule has 2 amide bonds. The summed E-state index contributed by atoms with van der Waals surface area (Å²) in [5.74, 6) is -4.26. The molecule has 14 heteroatoms. The van der Waals surface area contributed by atoms with Gasteiger partial charge in [-0.25, -0.2) is 13.6 Å². The van der Waals surface area contributed by atoms with Gasteiger partial charge in [0.25, 0.3) is 11.8 Å². The van der Waals surface area contributed by atoms with Crippen molar-refractivity contribution in [3.63, 3.8) is 0 Å². The lowest BCUT2D eigenvalue weighted by Crippen LogP contribution is -2.50. The Bertz CT molecular complexity index is 1370. The summed E-state index contributed by atoms with van der Waals surface area (Å²) >= 11 is 0. The first-order valence-corrected chi connectivity index (χ1v) is 12.7. The number of rotatable bonds is 9. The number of anilines is 1. The second-order valence-electron chi connectivity index (χ2n) is 9.39. The van der Waals surface area contributed by atoms with Gasteiger partial charge in [0.05, 0.1) is 18.0 Å². The largest absolute Gasteiger partial charge is 0.435 e. The molecule has 1 aliphatic heterocycles. The third-order valence-corrected chi connectivity index (χ3v) is 6.41. The maximum atomic E-state index is 13.8. The molecule has 2 heterocycles. The van der Waals surface area contributed by atoms with Crippen LogP contribution in [0.4, 0.5) is 28.0 Å². The summed E-state index contributed by atoms with van der Waals surface area (Å²) in [6, 6.07) is 10.5. The van der Waals surface area contributed by atoms with Gasteiger partial charge in [0.2, 0.25) is 5.88 Å². The highest BCUT2D eigenvalue weighted by atomic mass is 19.3. The van der Waals surface area contributed by atoms with E-state index in [1.807, 2.05) is 4.90 Å². The maximum Gasteiger partial charge on any atom is 0.416 e. The van der Waals surface area contributed by atoms with Crippen molar-refractivity contribution in [3.05, 3.63) is 65.4 Å². The number of hydrogen-bond acceptors (Lipinski definition) is 7. The molecule has 2 N–H and O–H groups in total. The minimum atomic E-state index is -3.14. The molecule has 0 bridgehead atoms. The van der Waals surface area contributed by atoms with Crippen LogP contribution in [0.15, 0.2) is 48.5 Å². The van der Waals surface area contributed by atoms with E-state index >= 15 is 0 Å². The molecule has 41 heavy (non-hydrogen) atoms. The Morgan fingerprint density at radius 3 is 2.39 bits per heavy atom. The van der Waals surface area contributed by atoms with Crippen LogP contribution in [-0.2, 0) is 5.92 Å². The first kappa shape index (κ1) is 29.8. The van der Waals surface area contributed by atoms with E-state index in [0.29, 0.717) is 32.7 Å². The molecule has 10 nitrogen and oxygen atoms in total. The van der Waals surface area contributed by atoms with Crippen molar-refractivity contribution in [2.75, 3.05) is 44.6 Å². The molecule has 3 aromatic rings. The fraction of sp³-hybridized carbons (Fsp3) is 0.370. The number of hydrogen-bond donors (Lipinski definition) is 2. The molecule has 1 fully saturated rings. The molecule has 0 radical (unpaired) electrons. The highest BCUT2D eigenvalue weighted by Gasteiger charge is 2.30. The Morgan fingerprint density at radius 1 is 1.10 bits per heavy atom. The standard InChI is InChI=1S/C27H29F4N5O5/c1-17-22(23(38)32-19-5-3-4-18(16-19)27(2,30)31)24(41-26(39)35-12-10-34(11-13-35)14-15-37)36(33-17)20-6-8-21(9-7-20)40-25(28)29/h3-9,16,25,37H,10-15H2,1-2H3,(H,32,38). The smallest absolute Gasteiger partial charge is 0.416 e. The SMILES string of the molecule is Cc1nn(-c2ccc(OC(F)F)cc2)c(OC(=O)N2CCN(CCO)CC2)c1C(=O)Nc1cccc(C(C)(F)F)c1. The molecule has 0 aliphatic carbocycles. The number of aryl methyl sites for hydroxylation is 1. The summed E-state index contributed by atoms with van der Waals surface area (Å²) < 4.78 is 64.2. The topological polar surface area (TPSA) is 109 Å². The number of β-amino-alcohol motifs (C(OH)–C–C–N with tert-alkyl or cyclic N) is 1. The van der Waals surface area contributed by atoms with Crippen LogP contribution in [0, 0.1) is 6.92 Å². The van der Waals surface area contributed by atoms with Crippen LogP contribution in [0.2, 0.25) is 0 Å². The van der Waals surface area contributed by atoms with Crippen molar-refractivity contribution >= 4 is 17.7 Å². The zero-order valence-corrected chi connectivity index (χ0v) is 22.3. The summed E-state index contributed by atoms with van der Waals surface area (Å²) in [6.45, 7) is 1.30. The first-order valence-electron chi connectivity index (χ1n) is 12.7. The number of piperazine rings is 1. The van der Waals surface area contributed by atoms with Crippen molar-refractivity contribution in [1.82, 2.24) is 19.6 Å². The van der Waals surface area contributed by atoms with E-state index < -0.39 is 24.5 Å². The summed E-state index contributed by atoms with van der Waals surface area (Å²) in [5.41, 5.74) is 0.0894. The summed E-state index contributed by atoms with van der Waals surface area (Å²) in [6.07, 6.45) is -0.755. The highest BCUT2D eigenvalue weighted by Crippen LogP contribution is 2.31. The number of benzene rings is 2. The molecule has 0 saturated carbocycles. The maximum absolute atomic E-state index is 13.8. The fourth-order valence-corrected chi connectivity index (χ4v) is 4.31. The van der Waals surface area contributed by atoms with E-state index in [-0.39, 0.29) is 46.4 Å². The van der Waals surface area contributed by atoms with Crippen molar-refractivity contribution in [2.24, 2.45) is 0 Å². The molecule has 0 unspecified atom stereocenters. The van der Waals surface area contributed by atoms with Crippen LogP contribution in [0.5, 0.6) is 11.6 Å². The van der Waals surface area contributed by atoms with E-state index in [2.05, 4.69) is 15.2 Å². The Hall–Kier alpha value is -4.17. The van der Waals surface area contributed by atoms with E-state index in [0.717, 1.165) is 13.0 Å². The van der Waals surface area contributed by atoms with Gasteiger partial charge in [-0.3, -0.25) is 9.69 Å². The number of nitrogens with zero attached hydrogens (tertiary/aromatic N) is 4. The number of carbonyl (C=O) groups excluding carboxylic acids is 2. The number of alkyl halides is 4. The molecule has 220 valence electrons. The molecule has 0 atom stereocenters. The van der Waals surface area contributed by atoms with E-state index in [1.54, 1.807) is 0 Å². The zero-order chi connectivity index (χ0) is 29.7. The lowest BCUT2D eigenvalue weighted by Gasteiger charge is -2.33. The molecular weight excluding hydrogens is 550 g/mol. The number of aliphatic hydroxyl groups is 1. The van der Waals surface area contributed by atoms with Crippen LogP contribution >= 0.6 is 0 Å². The zero-order valence-electron chi connectivity index (χ0n) is 22.3. The minimum Gasteiger partial charge on any atom is -0.435 e. The Kier molecular flexibility index (Phi) is 9.13. The van der Waals surface area contributed by atoms with Crippen molar-refractivity contribution in [2.45, 2.75) is 26.4 Å². The molecule has 2 aromatic carbocycles. The van der Waals surface area contributed by atoms with Gasteiger partial charge in [-0.05, 0) is 43.3 Å². The minimum absolute atomic E-state index is 0.0126. The predicted octanol–water partition coefficient (Wildman–Crippen LogP) is 4.25. The van der Waals surface area contributed by atoms with Crippen LogP contribution in [-0.4, -0.2) is 82.6 Å². The van der Waals surface area contributed by atoms with Gasteiger partial charge in [-0.15, -0.1) is 0 Å². The van der Waals surface area contributed by atoms with Gasteiger partial charge in [0.15, 0.2) is 0 Å². The third-order valence-electron chi connectivity index (χ3n) is 6.41. The van der Waals surface area contributed by atoms with Gasteiger partial charge < -0.3 is 24.8 Å². The van der Waals surface area contributed by atoms with E-state index in [9.17, 15) is 27.2 Å². The van der Waals surface area contributed by atoms with Gasteiger partial charge in [0.1, 0.15) is 11.3 Å². The molecule has 4 rings (SSSR count). The van der Waals surface area contributed by atoms with Crippen LogP contribution < -0.4 is 14.8 Å². The van der Waals surface area contributed by atoms with Crippen molar-refractivity contribution in [1.29, 1.82) is 0 Å². The van der Waals surface area contributed by atoms with Gasteiger partial charge in [-0.2, -0.15) is 18.6 Å². The Labute approximate surface area is 233 Å². The molecule has 1 aromatic heterocycles. The van der Waals surface area contributed by atoms with Crippen molar-refractivity contribution < 1.29 is 41.7 Å². The van der Waals surface area contributed by atoms with Crippen molar-refractivity contribution in [3.8, 4) is 17.3 Å². The summed E-state index contributed by atoms with van der Waals surface area (Å²) in [7, 11) is 0. The number of carbonyl (C=O) groups is 2. The number of amides is 2. The van der Waals surface area contributed by atoms with E-state index in [4.69, 9.17) is 9.84 Å². The Balaban J connectivity index is 1.66. The lowest BCUT2D eigenvalue weighted by atomic mass is 10.1. The van der Waals surface area contributed by atoms with E-state index in [1.165, 1.54) is 59.0 Å². The van der Waals surface area contributed by atoms with Crippen LogP contribution in [0.1, 0.15) is 28.5 Å². The average Bonchev–Trinajstić information content (AvgIpc) is 3.24.